The summed E-state index contributed by atoms with van der Waals surface area (Å²) in [5.41, 5.74) is 0.403. The molecule has 1 N–H and O–H groups in total. The normalized spacial score (nSPS) is 22.4. The van der Waals surface area contributed by atoms with Crippen LogP contribution in [0.15, 0.2) is 11.1 Å². The molecule has 1 fully saturated rings. The number of hydrogen-bond donors (Lipinski definition) is 1. The van der Waals surface area contributed by atoms with E-state index in [1.54, 1.807) is 11.6 Å². The monoisotopic (exact) mass is 380 g/mol. The van der Waals surface area contributed by atoms with Gasteiger partial charge in [0.05, 0.1) is 30.7 Å². The lowest BCUT2D eigenvalue weighted by Crippen LogP contribution is -2.43. The third kappa shape index (κ3) is 4.14. The number of aryl methyl sites for hydroxylation is 2. The molecule has 0 radical (unpaired) electrons. The summed E-state index contributed by atoms with van der Waals surface area (Å²) < 4.78 is 59.8. The van der Waals surface area contributed by atoms with Gasteiger partial charge < -0.3 is 4.74 Å². The highest BCUT2D eigenvalue weighted by Gasteiger charge is 2.36. The van der Waals surface area contributed by atoms with Crippen LogP contribution in [0.1, 0.15) is 12.6 Å². The van der Waals surface area contributed by atoms with Gasteiger partial charge in [-0.2, -0.15) is 5.10 Å². The maximum Gasteiger partial charge on any atom is 0.244 e. The summed E-state index contributed by atoms with van der Waals surface area (Å²) in [7, 11) is -4.33. The van der Waals surface area contributed by atoms with Crippen molar-refractivity contribution in [1.82, 2.24) is 18.8 Å². The maximum absolute atomic E-state index is 12.6. The zero-order valence-corrected chi connectivity index (χ0v) is 15.9. The fraction of sp³-hybridized carbons (Fsp3) is 0.769. The number of hydrogen-bond acceptors (Lipinski definition) is 6. The predicted molar refractivity (Wildman–Crippen MR) is 88.5 cm³/mol. The second-order valence-electron chi connectivity index (χ2n) is 6.02. The van der Waals surface area contributed by atoms with Crippen molar-refractivity contribution in [2.24, 2.45) is 5.92 Å². The highest BCUT2D eigenvalue weighted by Crippen LogP contribution is 2.21. The minimum Gasteiger partial charge on any atom is -0.379 e. The van der Waals surface area contributed by atoms with Crippen molar-refractivity contribution in [2.45, 2.75) is 31.3 Å². The molecule has 1 aliphatic heterocycles. The van der Waals surface area contributed by atoms with E-state index >= 15 is 0 Å². The number of aromatic nitrogens is 2. The fourth-order valence-corrected chi connectivity index (χ4v) is 5.14. The van der Waals surface area contributed by atoms with Crippen LogP contribution in [-0.4, -0.2) is 70.0 Å². The van der Waals surface area contributed by atoms with Crippen molar-refractivity contribution in [3.63, 3.8) is 0 Å². The Labute approximate surface area is 143 Å². The van der Waals surface area contributed by atoms with Crippen LogP contribution in [-0.2, 0) is 31.3 Å². The van der Waals surface area contributed by atoms with Gasteiger partial charge in [0.2, 0.25) is 20.0 Å². The van der Waals surface area contributed by atoms with Crippen molar-refractivity contribution >= 4 is 20.0 Å². The smallest absolute Gasteiger partial charge is 0.244 e. The van der Waals surface area contributed by atoms with Crippen LogP contribution in [0, 0.1) is 12.8 Å². The number of ether oxygens (including phenoxy) is 1. The molecule has 0 aromatic carbocycles. The van der Waals surface area contributed by atoms with E-state index in [1.165, 1.54) is 20.3 Å². The molecule has 9 nitrogen and oxygen atoms in total. The Balaban J connectivity index is 2.17. The van der Waals surface area contributed by atoms with E-state index in [1.807, 2.05) is 6.92 Å². The van der Waals surface area contributed by atoms with E-state index in [-0.39, 0.29) is 23.9 Å². The lowest BCUT2D eigenvalue weighted by Gasteiger charge is -2.20. The van der Waals surface area contributed by atoms with Crippen LogP contribution in [0.25, 0.3) is 0 Å². The second kappa shape index (κ2) is 7.08. The third-order valence-corrected chi connectivity index (χ3v) is 7.56. The molecule has 0 unspecified atom stereocenters. The predicted octanol–water partition coefficient (Wildman–Crippen LogP) is -0.604. The number of sulfonamides is 2. The summed E-state index contributed by atoms with van der Waals surface area (Å²) in [5.74, 6) is -0.603. The SMILES string of the molecule is CCn1cc(S(=O)(=O)N[C@H]2COC[C@H]2CS(=O)(=O)N(C)C)c(C)n1. The first kappa shape index (κ1) is 19.3. The standard InChI is InChI=1S/C13H24N4O5S2/c1-5-17-6-13(10(2)14-17)24(20,21)15-12-8-22-7-11(12)9-23(18,19)16(3)4/h6,11-12,15H,5,7-9H2,1-4H3/t11-,12-/m0/s1. The van der Waals surface area contributed by atoms with Crippen molar-refractivity contribution in [3.8, 4) is 0 Å². The highest BCUT2D eigenvalue weighted by molar-refractivity contribution is 7.89. The van der Waals surface area contributed by atoms with Crippen LogP contribution >= 0.6 is 0 Å². The largest absolute Gasteiger partial charge is 0.379 e. The van der Waals surface area contributed by atoms with Gasteiger partial charge in [-0.3, -0.25) is 4.68 Å². The summed E-state index contributed by atoms with van der Waals surface area (Å²) >= 11 is 0. The minimum absolute atomic E-state index is 0.102. The van der Waals surface area contributed by atoms with Crippen molar-refractivity contribution < 1.29 is 21.6 Å². The van der Waals surface area contributed by atoms with Gasteiger partial charge >= 0.3 is 0 Å². The van der Waals surface area contributed by atoms with Gasteiger partial charge in [0, 0.05) is 32.8 Å². The molecule has 2 heterocycles. The lowest BCUT2D eigenvalue weighted by molar-refractivity contribution is 0.185. The zero-order chi connectivity index (χ0) is 18.1. The fourth-order valence-electron chi connectivity index (χ4n) is 2.50. The van der Waals surface area contributed by atoms with E-state index in [9.17, 15) is 16.8 Å². The number of nitrogens with zero attached hydrogens (tertiary/aromatic N) is 3. The van der Waals surface area contributed by atoms with E-state index in [0.29, 0.717) is 12.2 Å². The van der Waals surface area contributed by atoms with E-state index in [0.717, 1.165) is 4.31 Å². The molecule has 0 saturated carbocycles. The first-order valence-electron chi connectivity index (χ1n) is 7.61. The van der Waals surface area contributed by atoms with Crippen LogP contribution < -0.4 is 4.72 Å². The topological polar surface area (TPSA) is 111 Å². The highest BCUT2D eigenvalue weighted by atomic mass is 32.2. The Morgan fingerprint density at radius 3 is 2.54 bits per heavy atom. The van der Waals surface area contributed by atoms with Crippen molar-refractivity contribution in [1.29, 1.82) is 0 Å². The van der Waals surface area contributed by atoms with Crippen molar-refractivity contribution in [2.75, 3.05) is 33.1 Å². The van der Waals surface area contributed by atoms with Gasteiger partial charge in [0.15, 0.2) is 0 Å². The Morgan fingerprint density at radius 2 is 2.00 bits per heavy atom. The first-order valence-corrected chi connectivity index (χ1v) is 10.7. The molecule has 0 aliphatic carbocycles. The molecule has 2 rings (SSSR count). The second-order valence-corrected chi connectivity index (χ2v) is 9.93. The Morgan fingerprint density at radius 1 is 1.33 bits per heavy atom. The van der Waals surface area contributed by atoms with Crippen LogP contribution in [0.3, 0.4) is 0 Å². The number of rotatable bonds is 7. The summed E-state index contributed by atoms with van der Waals surface area (Å²) in [6.07, 6.45) is 1.47. The lowest BCUT2D eigenvalue weighted by atomic mass is 10.1. The quantitative estimate of drug-likeness (QED) is 0.676. The molecule has 2 atom stereocenters. The molecule has 138 valence electrons. The molecule has 1 saturated heterocycles. The van der Waals surface area contributed by atoms with Gasteiger partial charge in [0.25, 0.3) is 0 Å². The molecule has 1 aromatic rings. The van der Waals surface area contributed by atoms with Crippen LogP contribution in [0.2, 0.25) is 0 Å². The van der Waals surface area contributed by atoms with Gasteiger partial charge in [0.1, 0.15) is 4.90 Å². The van der Waals surface area contributed by atoms with Gasteiger partial charge in [-0.15, -0.1) is 0 Å². The minimum atomic E-state index is -3.79. The Kier molecular flexibility index (Phi) is 5.70. The van der Waals surface area contributed by atoms with Crippen LogP contribution in [0.5, 0.6) is 0 Å². The summed E-state index contributed by atoms with van der Waals surface area (Å²) in [6, 6.07) is -0.589. The summed E-state index contributed by atoms with van der Waals surface area (Å²) in [4.78, 5) is 0.102. The maximum atomic E-state index is 12.6. The van der Waals surface area contributed by atoms with E-state index in [4.69, 9.17) is 4.74 Å². The Hall–Kier alpha value is -1.01. The number of nitrogens with one attached hydrogen (secondary N) is 1. The van der Waals surface area contributed by atoms with Gasteiger partial charge in [-0.25, -0.2) is 25.9 Å². The zero-order valence-electron chi connectivity index (χ0n) is 14.3. The molecule has 11 heteroatoms. The average molecular weight is 380 g/mol. The average Bonchev–Trinajstić information content (AvgIpc) is 3.05. The molecule has 1 aliphatic rings. The van der Waals surface area contributed by atoms with Gasteiger partial charge in [-0.1, -0.05) is 0 Å². The molecule has 0 amide bonds. The summed E-state index contributed by atoms with van der Waals surface area (Å²) in [5, 5.41) is 4.14. The molecular weight excluding hydrogens is 356 g/mol. The first-order chi connectivity index (χ1) is 11.1. The van der Waals surface area contributed by atoms with Crippen molar-refractivity contribution in [3.05, 3.63) is 11.9 Å². The molecule has 0 bridgehead atoms. The summed E-state index contributed by atoms with van der Waals surface area (Å²) in [6.45, 7) is 4.40. The third-order valence-electron chi connectivity index (χ3n) is 4.00. The van der Waals surface area contributed by atoms with E-state index < -0.39 is 32.0 Å². The molecule has 1 aromatic heterocycles. The molecule has 0 spiro atoms. The van der Waals surface area contributed by atoms with E-state index in [2.05, 4.69) is 9.82 Å². The van der Waals surface area contributed by atoms with Crippen LogP contribution in [0.4, 0.5) is 0 Å². The molecular formula is C13H24N4O5S2. The Bertz CT molecular complexity index is 785. The van der Waals surface area contributed by atoms with Gasteiger partial charge in [-0.05, 0) is 13.8 Å². The molecule has 24 heavy (non-hydrogen) atoms.